The molecule has 2 amide bonds. The van der Waals surface area contributed by atoms with Gasteiger partial charge in [-0.2, -0.15) is 0 Å². The molecular formula is C21H23N7O2. The molecular weight excluding hydrogens is 382 g/mol. The number of anilines is 1. The van der Waals surface area contributed by atoms with Crippen molar-refractivity contribution >= 4 is 34.2 Å². The largest absolute Gasteiger partial charge is 0.402 e. The van der Waals surface area contributed by atoms with Crippen LogP contribution in [0.4, 0.5) is 5.69 Å². The van der Waals surface area contributed by atoms with Gasteiger partial charge in [-0.1, -0.05) is 0 Å². The van der Waals surface area contributed by atoms with E-state index in [1.807, 2.05) is 6.07 Å². The Morgan fingerprint density at radius 3 is 2.57 bits per heavy atom. The molecule has 0 atom stereocenters. The van der Waals surface area contributed by atoms with E-state index in [0.29, 0.717) is 28.3 Å². The number of hydrogen-bond donors (Lipinski definition) is 4. The number of rotatable bonds is 5. The van der Waals surface area contributed by atoms with Crippen molar-refractivity contribution in [2.24, 2.45) is 5.73 Å². The van der Waals surface area contributed by atoms with Gasteiger partial charge in [-0.05, 0) is 43.7 Å². The Morgan fingerprint density at radius 1 is 1.17 bits per heavy atom. The number of nitrogens with zero attached hydrogens (tertiary/aromatic N) is 3. The molecule has 9 nitrogen and oxygen atoms in total. The van der Waals surface area contributed by atoms with Gasteiger partial charge in [0, 0.05) is 42.6 Å². The van der Waals surface area contributed by atoms with Gasteiger partial charge in [0.2, 0.25) is 0 Å². The van der Waals surface area contributed by atoms with Crippen LogP contribution in [-0.2, 0) is 4.79 Å². The van der Waals surface area contributed by atoms with Crippen molar-refractivity contribution in [3.8, 4) is 11.3 Å². The second-order valence-corrected chi connectivity index (χ2v) is 7.11. The van der Waals surface area contributed by atoms with E-state index in [4.69, 9.17) is 11.1 Å². The number of carbonyl (C=O) groups is 2. The summed E-state index contributed by atoms with van der Waals surface area (Å²) in [5.41, 5.74) is 9.30. The fourth-order valence-corrected chi connectivity index (χ4v) is 2.74. The van der Waals surface area contributed by atoms with Crippen LogP contribution in [0.5, 0.6) is 0 Å². The molecule has 5 N–H and O–H groups in total. The van der Waals surface area contributed by atoms with Crippen LogP contribution in [0.2, 0.25) is 0 Å². The van der Waals surface area contributed by atoms with Crippen LogP contribution in [0, 0.1) is 5.41 Å². The average molecular weight is 405 g/mol. The van der Waals surface area contributed by atoms with E-state index in [9.17, 15) is 9.59 Å². The molecule has 0 fully saturated rings. The first-order valence-corrected chi connectivity index (χ1v) is 9.17. The highest BCUT2D eigenvalue weighted by atomic mass is 16.2. The number of aromatic nitrogens is 3. The molecule has 0 aliphatic rings. The predicted octanol–water partition coefficient (Wildman–Crippen LogP) is 2.54. The molecule has 0 unspecified atom stereocenters. The number of nitrogens with one attached hydrogen (secondary N) is 3. The summed E-state index contributed by atoms with van der Waals surface area (Å²) in [7, 11) is 3.34. The molecule has 30 heavy (non-hydrogen) atoms. The van der Waals surface area contributed by atoms with Crippen molar-refractivity contribution in [3.05, 3.63) is 53.6 Å². The van der Waals surface area contributed by atoms with Gasteiger partial charge in [-0.15, -0.1) is 0 Å². The zero-order valence-electron chi connectivity index (χ0n) is 17.2. The Kier molecular flexibility index (Phi) is 5.63. The van der Waals surface area contributed by atoms with Crippen molar-refractivity contribution in [3.63, 3.8) is 0 Å². The standard InChI is InChI=1S/C21H23N7O2/c1-11(12(2)22)18(23)20(29)26-15-7-14-9-16(27-19(14)25-10-15)13-5-6-24-17(8-13)21(30)28(3)4/h5-10,23H,22H2,1-4H3,(H,25,27)(H,26,29)/b12-11-,23-18?. The Morgan fingerprint density at radius 2 is 1.90 bits per heavy atom. The molecule has 3 aromatic heterocycles. The Bertz CT molecular complexity index is 1190. The summed E-state index contributed by atoms with van der Waals surface area (Å²) >= 11 is 0. The number of pyridine rings is 2. The molecule has 9 heteroatoms. The number of amides is 2. The third-order valence-corrected chi connectivity index (χ3v) is 4.62. The fourth-order valence-electron chi connectivity index (χ4n) is 2.74. The van der Waals surface area contributed by atoms with Gasteiger partial charge >= 0.3 is 0 Å². The summed E-state index contributed by atoms with van der Waals surface area (Å²) in [5, 5.41) is 11.4. The molecule has 0 aliphatic carbocycles. The number of nitrogens with two attached hydrogens (primary N) is 1. The molecule has 3 aromatic rings. The van der Waals surface area contributed by atoms with Crippen LogP contribution in [0.25, 0.3) is 22.3 Å². The molecule has 0 radical (unpaired) electrons. The number of H-pyrrole nitrogens is 1. The molecule has 0 saturated carbocycles. The predicted molar refractivity (Wildman–Crippen MR) is 116 cm³/mol. The quantitative estimate of drug-likeness (QED) is 0.483. The van der Waals surface area contributed by atoms with E-state index in [0.717, 1.165) is 16.6 Å². The summed E-state index contributed by atoms with van der Waals surface area (Å²) < 4.78 is 0. The Labute approximate surface area is 173 Å². The highest BCUT2D eigenvalue weighted by molar-refractivity contribution is 6.47. The summed E-state index contributed by atoms with van der Waals surface area (Å²) in [4.78, 5) is 37.6. The molecule has 3 heterocycles. The smallest absolute Gasteiger partial charge is 0.273 e. The minimum absolute atomic E-state index is 0.185. The molecule has 0 aliphatic heterocycles. The lowest BCUT2D eigenvalue weighted by Gasteiger charge is -2.09. The lowest BCUT2D eigenvalue weighted by molar-refractivity contribution is -0.110. The van der Waals surface area contributed by atoms with E-state index >= 15 is 0 Å². The van der Waals surface area contributed by atoms with Crippen LogP contribution >= 0.6 is 0 Å². The lowest BCUT2D eigenvalue weighted by atomic mass is 10.1. The molecule has 0 spiro atoms. The van der Waals surface area contributed by atoms with E-state index in [1.165, 1.54) is 11.1 Å². The van der Waals surface area contributed by atoms with E-state index in [1.54, 1.807) is 52.3 Å². The number of allylic oxidation sites excluding steroid dienone is 1. The zero-order valence-corrected chi connectivity index (χ0v) is 17.2. The summed E-state index contributed by atoms with van der Waals surface area (Å²) in [6, 6.07) is 7.14. The van der Waals surface area contributed by atoms with Crippen molar-refractivity contribution in [1.29, 1.82) is 5.41 Å². The number of hydrogen-bond acceptors (Lipinski definition) is 6. The maximum atomic E-state index is 12.3. The highest BCUT2D eigenvalue weighted by Crippen LogP contribution is 2.25. The fraction of sp³-hybridized carbons (Fsp3) is 0.190. The second kappa shape index (κ2) is 8.16. The third-order valence-electron chi connectivity index (χ3n) is 4.62. The highest BCUT2D eigenvalue weighted by Gasteiger charge is 2.15. The van der Waals surface area contributed by atoms with Gasteiger partial charge in [0.1, 0.15) is 17.1 Å². The zero-order chi connectivity index (χ0) is 22.0. The number of fused-ring (bicyclic) bond motifs is 1. The first-order chi connectivity index (χ1) is 14.2. The van der Waals surface area contributed by atoms with Crippen LogP contribution in [0.15, 0.2) is 47.9 Å². The maximum absolute atomic E-state index is 12.3. The summed E-state index contributed by atoms with van der Waals surface area (Å²) in [6.07, 6.45) is 3.09. The normalized spacial score (nSPS) is 11.7. The monoisotopic (exact) mass is 405 g/mol. The average Bonchev–Trinajstić information content (AvgIpc) is 3.15. The Balaban J connectivity index is 1.88. The SMILES string of the molecule is C/C(N)=C(\C)C(=N)C(=O)Nc1cnc2[nH]c(-c3ccnc(C(=O)N(C)C)c3)cc2c1. The number of aromatic amines is 1. The van der Waals surface area contributed by atoms with Crippen molar-refractivity contribution < 1.29 is 9.59 Å². The van der Waals surface area contributed by atoms with E-state index in [-0.39, 0.29) is 11.6 Å². The van der Waals surface area contributed by atoms with Crippen LogP contribution in [-0.4, -0.2) is 51.5 Å². The van der Waals surface area contributed by atoms with Gasteiger partial charge in [-0.3, -0.25) is 20.0 Å². The molecule has 0 saturated heterocycles. The van der Waals surface area contributed by atoms with Gasteiger partial charge in [0.05, 0.1) is 11.9 Å². The van der Waals surface area contributed by atoms with Gasteiger partial charge in [-0.25, -0.2) is 4.98 Å². The lowest BCUT2D eigenvalue weighted by Crippen LogP contribution is -2.24. The minimum atomic E-state index is -0.560. The second-order valence-electron chi connectivity index (χ2n) is 7.11. The summed E-state index contributed by atoms with van der Waals surface area (Å²) in [5.74, 6) is -0.745. The van der Waals surface area contributed by atoms with Gasteiger partial charge in [0.25, 0.3) is 11.8 Å². The number of carbonyl (C=O) groups excluding carboxylic acids is 2. The van der Waals surface area contributed by atoms with E-state index in [2.05, 4.69) is 20.3 Å². The van der Waals surface area contributed by atoms with Crippen LogP contribution < -0.4 is 11.1 Å². The maximum Gasteiger partial charge on any atom is 0.273 e. The minimum Gasteiger partial charge on any atom is -0.402 e. The molecule has 0 aromatic carbocycles. The summed E-state index contributed by atoms with van der Waals surface area (Å²) in [6.45, 7) is 3.27. The first-order valence-electron chi connectivity index (χ1n) is 9.17. The van der Waals surface area contributed by atoms with E-state index < -0.39 is 5.91 Å². The molecule has 0 bridgehead atoms. The van der Waals surface area contributed by atoms with Crippen LogP contribution in [0.3, 0.4) is 0 Å². The van der Waals surface area contributed by atoms with Gasteiger partial charge in [0.15, 0.2) is 0 Å². The first kappa shape index (κ1) is 20.7. The van der Waals surface area contributed by atoms with Crippen LogP contribution in [0.1, 0.15) is 24.3 Å². The van der Waals surface area contributed by atoms with Crippen molar-refractivity contribution in [2.75, 3.05) is 19.4 Å². The van der Waals surface area contributed by atoms with Crippen molar-refractivity contribution in [1.82, 2.24) is 19.9 Å². The topological polar surface area (TPSA) is 141 Å². The van der Waals surface area contributed by atoms with Crippen molar-refractivity contribution in [2.45, 2.75) is 13.8 Å². The molecule has 3 rings (SSSR count). The third kappa shape index (κ3) is 4.19. The Hall–Kier alpha value is -4.01. The van der Waals surface area contributed by atoms with Gasteiger partial charge < -0.3 is 20.9 Å². The molecule has 154 valence electrons.